The van der Waals surface area contributed by atoms with Crippen molar-refractivity contribution < 1.29 is 4.79 Å². The zero-order chi connectivity index (χ0) is 14.4. The number of thioether (sulfide) groups is 1. The molecule has 0 unspecified atom stereocenters. The van der Waals surface area contributed by atoms with Gasteiger partial charge < -0.3 is 10.6 Å². The lowest BCUT2D eigenvalue weighted by Crippen LogP contribution is -2.36. The molecule has 0 aliphatic carbocycles. The molecule has 1 saturated heterocycles. The van der Waals surface area contributed by atoms with Crippen LogP contribution in [0.25, 0.3) is 0 Å². The molecule has 1 amide bonds. The largest absolute Gasteiger partial charge is 0.351 e. The van der Waals surface area contributed by atoms with Gasteiger partial charge in [-0.1, -0.05) is 18.3 Å². The van der Waals surface area contributed by atoms with Gasteiger partial charge in [0.15, 0.2) is 0 Å². The standard InChI is InChI=1S/C14H20N4OS/c1-10-7-16-9-18-14(10)20-11(2)13(19)17-8-12-3-5-15-6-4-12/h7,9,12,15H,2-6,8H2,1H3,(H,17,19). The number of hydrogen-bond acceptors (Lipinski definition) is 5. The van der Waals surface area contributed by atoms with Crippen molar-refractivity contribution in [3.8, 4) is 0 Å². The lowest BCUT2D eigenvalue weighted by molar-refractivity contribution is -0.117. The van der Waals surface area contributed by atoms with Crippen LogP contribution >= 0.6 is 11.8 Å². The topological polar surface area (TPSA) is 66.9 Å². The summed E-state index contributed by atoms with van der Waals surface area (Å²) in [4.78, 5) is 20.6. The second kappa shape index (κ2) is 7.40. The molecule has 2 N–H and O–H groups in total. The summed E-state index contributed by atoms with van der Waals surface area (Å²) in [5, 5.41) is 7.06. The van der Waals surface area contributed by atoms with E-state index in [4.69, 9.17) is 0 Å². The number of nitrogens with one attached hydrogen (secondary N) is 2. The molecular weight excluding hydrogens is 272 g/mol. The van der Waals surface area contributed by atoms with Gasteiger partial charge in [-0.2, -0.15) is 0 Å². The molecule has 1 aromatic heterocycles. The second-order valence-electron chi connectivity index (χ2n) is 4.94. The van der Waals surface area contributed by atoms with E-state index in [1.807, 2.05) is 6.92 Å². The van der Waals surface area contributed by atoms with Gasteiger partial charge in [0, 0.05) is 12.7 Å². The SMILES string of the molecule is C=C(Sc1ncncc1C)C(=O)NCC1CCNCC1. The van der Waals surface area contributed by atoms with Crippen molar-refractivity contribution in [2.75, 3.05) is 19.6 Å². The van der Waals surface area contributed by atoms with E-state index in [0.29, 0.717) is 10.8 Å². The third kappa shape index (κ3) is 4.31. The van der Waals surface area contributed by atoms with Crippen LogP contribution in [0.3, 0.4) is 0 Å². The van der Waals surface area contributed by atoms with Gasteiger partial charge >= 0.3 is 0 Å². The van der Waals surface area contributed by atoms with Crippen LogP contribution in [-0.4, -0.2) is 35.5 Å². The fourth-order valence-electron chi connectivity index (χ4n) is 2.08. The smallest absolute Gasteiger partial charge is 0.257 e. The molecule has 0 saturated carbocycles. The quantitative estimate of drug-likeness (QED) is 0.489. The highest BCUT2D eigenvalue weighted by atomic mass is 32.2. The molecule has 108 valence electrons. The van der Waals surface area contributed by atoms with Crippen LogP contribution in [-0.2, 0) is 4.79 Å². The highest BCUT2D eigenvalue weighted by Crippen LogP contribution is 2.25. The highest BCUT2D eigenvalue weighted by Gasteiger charge is 2.16. The molecule has 0 aromatic carbocycles. The van der Waals surface area contributed by atoms with Gasteiger partial charge in [-0.25, -0.2) is 9.97 Å². The Morgan fingerprint density at radius 2 is 2.30 bits per heavy atom. The maximum absolute atomic E-state index is 12.0. The lowest BCUT2D eigenvalue weighted by atomic mass is 9.98. The third-order valence-electron chi connectivity index (χ3n) is 3.33. The molecule has 1 aliphatic rings. The lowest BCUT2D eigenvalue weighted by Gasteiger charge is -2.22. The summed E-state index contributed by atoms with van der Waals surface area (Å²) in [5.74, 6) is 0.463. The maximum atomic E-state index is 12.0. The third-order valence-corrected chi connectivity index (χ3v) is 4.38. The Hall–Kier alpha value is -1.40. The number of carbonyl (C=O) groups excluding carboxylic acids is 1. The van der Waals surface area contributed by atoms with Crippen molar-refractivity contribution >= 4 is 17.7 Å². The Bertz CT molecular complexity index is 486. The summed E-state index contributed by atoms with van der Waals surface area (Å²) < 4.78 is 0. The summed E-state index contributed by atoms with van der Waals surface area (Å²) >= 11 is 1.29. The van der Waals surface area contributed by atoms with E-state index < -0.39 is 0 Å². The van der Waals surface area contributed by atoms with Crippen LogP contribution < -0.4 is 10.6 Å². The van der Waals surface area contributed by atoms with Crippen LogP contribution in [0.5, 0.6) is 0 Å². The Labute approximate surface area is 123 Å². The summed E-state index contributed by atoms with van der Waals surface area (Å²) in [5.41, 5.74) is 0.949. The number of carbonyl (C=O) groups is 1. The molecular formula is C14H20N4OS. The first kappa shape index (κ1) is 15.0. The molecule has 0 bridgehead atoms. The summed E-state index contributed by atoms with van der Waals surface area (Å²) in [6.07, 6.45) is 5.45. The Kier molecular flexibility index (Phi) is 5.55. The molecule has 1 fully saturated rings. The van der Waals surface area contributed by atoms with E-state index in [1.165, 1.54) is 18.1 Å². The number of aromatic nitrogens is 2. The molecule has 20 heavy (non-hydrogen) atoms. The Morgan fingerprint density at radius 3 is 3.00 bits per heavy atom. The Balaban J connectivity index is 1.80. The summed E-state index contributed by atoms with van der Waals surface area (Å²) in [6.45, 7) is 8.55. The van der Waals surface area contributed by atoms with E-state index >= 15 is 0 Å². The van der Waals surface area contributed by atoms with E-state index in [2.05, 4.69) is 27.2 Å². The van der Waals surface area contributed by atoms with Gasteiger partial charge in [-0.3, -0.25) is 4.79 Å². The van der Waals surface area contributed by atoms with Crippen molar-refractivity contribution in [3.63, 3.8) is 0 Å². The van der Waals surface area contributed by atoms with E-state index in [-0.39, 0.29) is 5.91 Å². The van der Waals surface area contributed by atoms with Crippen LogP contribution in [0.2, 0.25) is 0 Å². The summed E-state index contributed by atoms with van der Waals surface area (Å²) in [6, 6.07) is 0. The first-order valence-electron chi connectivity index (χ1n) is 6.79. The molecule has 2 rings (SSSR count). The first-order chi connectivity index (χ1) is 9.66. The minimum absolute atomic E-state index is 0.105. The van der Waals surface area contributed by atoms with Gasteiger partial charge in [0.2, 0.25) is 0 Å². The fourth-order valence-corrected chi connectivity index (χ4v) is 2.79. The molecule has 5 nitrogen and oxygen atoms in total. The highest BCUT2D eigenvalue weighted by molar-refractivity contribution is 8.04. The number of hydrogen-bond donors (Lipinski definition) is 2. The predicted octanol–water partition coefficient (Wildman–Crippen LogP) is 1.51. The normalized spacial score (nSPS) is 15.8. The molecule has 1 aromatic rings. The van der Waals surface area contributed by atoms with Gasteiger partial charge in [-0.15, -0.1) is 0 Å². The van der Waals surface area contributed by atoms with Gasteiger partial charge in [0.05, 0.1) is 4.91 Å². The summed E-state index contributed by atoms with van der Waals surface area (Å²) in [7, 11) is 0. The van der Waals surface area contributed by atoms with Crippen molar-refractivity contribution in [1.29, 1.82) is 0 Å². The van der Waals surface area contributed by atoms with Crippen LogP contribution in [0.1, 0.15) is 18.4 Å². The van der Waals surface area contributed by atoms with Crippen LogP contribution in [0.15, 0.2) is 29.0 Å². The van der Waals surface area contributed by atoms with E-state index in [1.54, 1.807) is 6.20 Å². The molecule has 6 heteroatoms. The van der Waals surface area contributed by atoms with Gasteiger partial charge in [-0.05, 0) is 44.3 Å². The first-order valence-corrected chi connectivity index (χ1v) is 7.60. The molecule has 0 atom stereocenters. The number of amides is 1. The van der Waals surface area contributed by atoms with Crippen LogP contribution in [0, 0.1) is 12.8 Å². The number of nitrogens with zero attached hydrogens (tertiary/aromatic N) is 2. The van der Waals surface area contributed by atoms with Crippen molar-refractivity contribution in [3.05, 3.63) is 29.6 Å². The number of piperidine rings is 1. The minimum atomic E-state index is -0.105. The zero-order valence-corrected chi connectivity index (χ0v) is 12.5. The number of rotatable bonds is 5. The Morgan fingerprint density at radius 1 is 1.55 bits per heavy atom. The van der Waals surface area contributed by atoms with Crippen LogP contribution in [0.4, 0.5) is 0 Å². The molecule has 2 heterocycles. The van der Waals surface area contributed by atoms with Crippen molar-refractivity contribution in [1.82, 2.24) is 20.6 Å². The zero-order valence-electron chi connectivity index (χ0n) is 11.7. The number of aryl methyl sites for hydroxylation is 1. The fraction of sp³-hybridized carbons (Fsp3) is 0.500. The molecule has 0 spiro atoms. The average Bonchev–Trinajstić information content (AvgIpc) is 2.48. The van der Waals surface area contributed by atoms with E-state index in [9.17, 15) is 4.79 Å². The maximum Gasteiger partial charge on any atom is 0.257 e. The predicted molar refractivity (Wildman–Crippen MR) is 80.4 cm³/mol. The molecule has 1 aliphatic heterocycles. The van der Waals surface area contributed by atoms with Gasteiger partial charge in [0.1, 0.15) is 11.4 Å². The van der Waals surface area contributed by atoms with Crippen molar-refractivity contribution in [2.24, 2.45) is 5.92 Å². The monoisotopic (exact) mass is 292 g/mol. The van der Waals surface area contributed by atoms with E-state index in [0.717, 1.165) is 43.1 Å². The minimum Gasteiger partial charge on any atom is -0.351 e. The second-order valence-corrected chi connectivity index (χ2v) is 6.02. The average molecular weight is 292 g/mol. The van der Waals surface area contributed by atoms with Gasteiger partial charge in [0.25, 0.3) is 5.91 Å². The van der Waals surface area contributed by atoms with Crippen molar-refractivity contribution in [2.45, 2.75) is 24.8 Å². The molecule has 0 radical (unpaired) electrons.